The number of carbonyl (C=O) groups is 1. The number of aromatic amines is 1. The van der Waals surface area contributed by atoms with E-state index in [2.05, 4.69) is 15.3 Å². The van der Waals surface area contributed by atoms with E-state index in [0.717, 1.165) is 36.2 Å². The van der Waals surface area contributed by atoms with Gasteiger partial charge in [-0.25, -0.2) is 4.98 Å². The average molecular weight is 258 g/mol. The minimum atomic E-state index is 0.174. The smallest absolute Gasteiger partial charge is 0.227 e. The van der Waals surface area contributed by atoms with Gasteiger partial charge in [0, 0.05) is 19.2 Å². The van der Waals surface area contributed by atoms with Gasteiger partial charge in [0.2, 0.25) is 5.91 Å². The largest absolute Gasteiger partial charge is 0.345 e. The van der Waals surface area contributed by atoms with E-state index in [0.29, 0.717) is 12.3 Å². The Hall–Kier alpha value is -1.88. The van der Waals surface area contributed by atoms with Crippen LogP contribution in [0.5, 0.6) is 0 Å². The van der Waals surface area contributed by atoms with Crippen LogP contribution in [0.1, 0.15) is 12.8 Å². The molecule has 0 spiro atoms. The molecule has 1 aromatic heterocycles. The number of benzene rings is 1. The van der Waals surface area contributed by atoms with Gasteiger partial charge in [0.1, 0.15) is 0 Å². The average Bonchev–Trinajstić information content (AvgIpc) is 3.07. The molecule has 2 N–H and O–H groups in total. The Morgan fingerprint density at radius 3 is 3.21 bits per heavy atom. The number of rotatable bonds is 3. The minimum Gasteiger partial charge on any atom is -0.345 e. The van der Waals surface area contributed by atoms with Gasteiger partial charge < -0.3 is 15.2 Å². The molecule has 1 unspecified atom stereocenters. The maximum absolute atomic E-state index is 12.2. The van der Waals surface area contributed by atoms with Gasteiger partial charge in [-0.2, -0.15) is 0 Å². The Morgan fingerprint density at radius 2 is 2.42 bits per heavy atom. The maximum Gasteiger partial charge on any atom is 0.227 e. The molecule has 1 aliphatic rings. The Morgan fingerprint density at radius 1 is 1.53 bits per heavy atom. The van der Waals surface area contributed by atoms with Crippen molar-refractivity contribution in [3.8, 4) is 0 Å². The van der Waals surface area contributed by atoms with Gasteiger partial charge in [-0.1, -0.05) is 0 Å². The van der Waals surface area contributed by atoms with Crippen LogP contribution in [0.15, 0.2) is 24.5 Å². The van der Waals surface area contributed by atoms with Gasteiger partial charge in [0.15, 0.2) is 0 Å². The van der Waals surface area contributed by atoms with Gasteiger partial charge in [-0.15, -0.1) is 0 Å². The Labute approximate surface area is 112 Å². The molecule has 1 atom stereocenters. The fourth-order valence-corrected chi connectivity index (χ4v) is 2.55. The van der Waals surface area contributed by atoms with Crippen molar-refractivity contribution in [1.82, 2.24) is 15.3 Å². The molecular formula is C14H18N4O. The zero-order valence-corrected chi connectivity index (χ0v) is 11.0. The number of imidazole rings is 1. The molecule has 5 heteroatoms. The number of aromatic nitrogens is 2. The molecule has 1 aliphatic heterocycles. The second kappa shape index (κ2) is 5.01. The predicted molar refractivity (Wildman–Crippen MR) is 75.1 cm³/mol. The number of hydrogen-bond acceptors (Lipinski definition) is 3. The van der Waals surface area contributed by atoms with Crippen LogP contribution in [0.3, 0.4) is 0 Å². The number of fused-ring (bicyclic) bond motifs is 1. The van der Waals surface area contributed by atoms with Crippen LogP contribution in [0.4, 0.5) is 5.69 Å². The summed E-state index contributed by atoms with van der Waals surface area (Å²) in [6.07, 6.45) is 3.38. The standard InChI is InChI=1S/C14H18N4O/c1-18(14(19)6-10-4-5-15-8-10)11-2-3-12-13(7-11)17-9-16-12/h2-3,7,9-10,15H,4-6,8H2,1H3,(H,16,17). The summed E-state index contributed by atoms with van der Waals surface area (Å²) in [5.41, 5.74) is 2.79. The number of nitrogens with zero attached hydrogens (tertiary/aromatic N) is 2. The fraction of sp³-hybridized carbons (Fsp3) is 0.429. The van der Waals surface area contributed by atoms with Crippen molar-refractivity contribution in [2.75, 3.05) is 25.0 Å². The van der Waals surface area contributed by atoms with Crippen molar-refractivity contribution >= 4 is 22.6 Å². The number of carbonyl (C=O) groups excluding carboxylic acids is 1. The highest BCUT2D eigenvalue weighted by Crippen LogP contribution is 2.21. The first-order valence-corrected chi connectivity index (χ1v) is 6.64. The quantitative estimate of drug-likeness (QED) is 0.877. The third-order valence-corrected chi connectivity index (χ3v) is 3.79. The Bertz CT molecular complexity index is 586. The van der Waals surface area contributed by atoms with Crippen LogP contribution < -0.4 is 10.2 Å². The molecule has 1 fully saturated rings. The first kappa shape index (κ1) is 12.2. The predicted octanol–water partition coefficient (Wildman–Crippen LogP) is 1.53. The third kappa shape index (κ3) is 2.46. The summed E-state index contributed by atoms with van der Waals surface area (Å²) in [5.74, 6) is 0.651. The third-order valence-electron chi connectivity index (χ3n) is 3.79. The van der Waals surface area contributed by atoms with Crippen LogP contribution in [0.25, 0.3) is 11.0 Å². The van der Waals surface area contributed by atoms with Gasteiger partial charge in [-0.3, -0.25) is 4.79 Å². The SMILES string of the molecule is CN(C(=O)CC1CCNC1)c1ccc2nc[nH]c2c1. The molecule has 2 aromatic rings. The molecule has 5 nitrogen and oxygen atoms in total. The summed E-state index contributed by atoms with van der Waals surface area (Å²) in [4.78, 5) is 21.2. The second-order valence-electron chi connectivity index (χ2n) is 5.12. The van der Waals surface area contributed by atoms with Crippen molar-refractivity contribution in [2.24, 2.45) is 5.92 Å². The lowest BCUT2D eigenvalue weighted by molar-refractivity contribution is -0.119. The number of amides is 1. The van der Waals surface area contributed by atoms with Crippen LogP contribution in [-0.4, -0.2) is 36.0 Å². The molecule has 2 heterocycles. The highest BCUT2D eigenvalue weighted by Gasteiger charge is 2.21. The summed E-state index contributed by atoms with van der Waals surface area (Å²) >= 11 is 0. The highest BCUT2D eigenvalue weighted by molar-refractivity contribution is 5.94. The van der Waals surface area contributed by atoms with Crippen molar-refractivity contribution < 1.29 is 4.79 Å². The number of nitrogens with one attached hydrogen (secondary N) is 2. The zero-order valence-electron chi connectivity index (χ0n) is 11.0. The highest BCUT2D eigenvalue weighted by atomic mass is 16.2. The maximum atomic E-state index is 12.2. The molecule has 1 aromatic carbocycles. The van der Waals surface area contributed by atoms with Crippen LogP contribution in [-0.2, 0) is 4.79 Å². The van der Waals surface area contributed by atoms with E-state index in [1.54, 1.807) is 11.2 Å². The van der Waals surface area contributed by atoms with Gasteiger partial charge in [0.05, 0.1) is 17.4 Å². The number of anilines is 1. The molecule has 0 aliphatic carbocycles. The van der Waals surface area contributed by atoms with E-state index in [1.165, 1.54) is 0 Å². The Balaban J connectivity index is 1.74. The van der Waals surface area contributed by atoms with E-state index in [-0.39, 0.29) is 5.91 Å². The van der Waals surface area contributed by atoms with Crippen molar-refractivity contribution in [1.29, 1.82) is 0 Å². The monoisotopic (exact) mass is 258 g/mol. The summed E-state index contributed by atoms with van der Waals surface area (Å²) in [6.45, 7) is 1.99. The van der Waals surface area contributed by atoms with Gasteiger partial charge >= 0.3 is 0 Å². The number of hydrogen-bond donors (Lipinski definition) is 2. The first-order chi connectivity index (χ1) is 9.24. The molecule has 1 saturated heterocycles. The molecule has 0 saturated carbocycles. The summed E-state index contributed by atoms with van der Waals surface area (Å²) in [6, 6.07) is 5.84. The van der Waals surface area contributed by atoms with Crippen LogP contribution in [0, 0.1) is 5.92 Å². The van der Waals surface area contributed by atoms with Gasteiger partial charge in [-0.05, 0) is 43.6 Å². The molecule has 1 amide bonds. The lowest BCUT2D eigenvalue weighted by Crippen LogP contribution is -2.28. The summed E-state index contributed by atoms with van der Waals surface area (Å²) in [7, 11) is 1.84. The van der Waals surface area contributed by atoms with Gasteiger partial charge in [0.25, 0.3) is 0 Å². The van der Waals surface area contributed by atoms with E-state index in [4.69, 9.17) is 0 Å². The molecular weight excluding hydrogens is 240 g/mol. The lowest BCUT2D eigenvalue weighted by Gasteiger charge is -2.19. The van der Waals surface area contributed by atoms with E-state index in [1.807, 2.05) is 25.2 Å². The van der Waals surface area contributed by atoms with E-state index >= 15 is 0 Å². The van der Waals surface area contributed by atoms with Crippen molar-refractivity contribution in [3.63, 3.8) is 0 Å². The minimum absolute atomic E-state index is 0.174. The van der Waals surface area contributed by atoms with Crippen molar-refractivity contribution in [2.45, 2.75) is 12.8 Å². The van der Waals surface area contributed by atoms with Crippen molar-refractivity contribution in [3.05, 3.63) is 24.5 Å². The van der Waals surface area contributed by atoms with Crippen LogP contribution >= 0.6 is 0 Å². The summed E-state index contributed by atoms with van der Waals surface area (Å²) < 4.78 is 0. The molecule has 0 radical (unpaired) electrons. The summed E-state index contributed by atoms with van der Waals surface area (Å²) in [5, 5.41) is 3.29. The normalized spacial score (nSPS) is 18.9. The zero-order chi connectivity index (χ0) is 13.2. The molecule has 0 bridgehead atoms. The van der Waals surface area contributed by atoms with Crippen LogP contribution in [0.2, 0.25) is 0 Å². The second-order valence-corrected chi connectivity index (χ2v) is 5.12. The van der Waals surface area contributed by atoms with E-state index in [9.17, 15) is 4.79 Å². The van der Waals surface area contributed by atoms with E-state index < -0.39 is 0 Å². The molecule has 100 valence electrons. The Kier molecular flexibility index (Phi) is 3.21. The number of H-pyrrole nitrogens is 1. The molecule has 3 rings (SSSR count). The molecule has 19 heavy (non-hydrogen) atoms. The topological polar surface area (TPSA) is 61.0 Å². The first-order valence-electron chi connectivity index (χ1n) is 6.64. The fourth-order valence-electron chi connectivity index (χ4n) is 2.55. The lowest BCUT2D eigenvalue weighted by atomic mass is 10.0.